The molecule has 2 N–H and O–H groups in total. The minimum atomic E-state index is 0.617. The lowest BCUT2D eigenvalue weighted by Gasteiger charge is -2.31. The van der Waals surface area contributed by atoms with Crippen LogP contribution in [0, 0.1) is 5.92 Å². The van der Waals surface area contributed by atoms with Crippen LogP contribution in [0.25, 0.3) is 0 Å². The van der Waals surface area contributed by atoms with Gasteiger partial charge in [-0.3, -0.25) is 4.99 Å². The van der Waals surface area contributed by atoms with Gasteiger partial charge in [-0.15, -0.1) is 0 Å². The van der Waals surface area contributed by atoms with Gasteiger partial charge in [0, 0.05) is 26.7 Å². The summed E-state index contributed by atoms with van der Waals surface area (Å²) in [6.45, 7) is 9.35. The predicted octanol–water partition coefficient (Wildman–Crippen LogP) is 1.98. The van der Waals surface area contributed by atoms with Crippen LogP contribution in [0.2, 0.25) is 0 Å². The van der Waals surface area contributed by atoms with Gasteiger partial charge in [-0.1, -0.05) is 18.2 Å². The lowest BCUT2D eigenvalue weighted by molar-refractivity contribution is 0.121. The van der Waals surface area contributed by atoms with Crippen LogP contribution >= 0.6 is 0 Å². The maximum atomic E-state index is 5.71. The lowest BCUT2D eigenvalue weighted by atomic mass is 9.97. The van der Waals surface area contributed by atoms with Crippen molar-refractivity contribution in [3.63, 3.8) is 0 Å². The number of nitrogens with zero attached hydrogens (tertiary/aromatic N) is 2. The number of rotatable bonds is 10. The Morgan fingerprint density at radius 3 is 2.62 bits per heavy atom. The Balaban J connectivity index is 1.66. The van der Waals surface area contributed by atoms with Gasteiger partial charge in [-0.25, -0.2) is 0 Å². The van der Waals surface area contributed by atoms with E-state index in [0.717, 1.165) is 57.6 Å². The summed E-state index contributed by atoms with van der Waals surface area (Å²) in [5, 5.41) is 6.67. The van der Waals surface area contributed by atoms with E-state index < -0.39 is 0 Å². The van der Waals surface area contributed by atoms with E-state index in [4.69, 9.17) is 14.5 Å². The first-order valence-electron chi connectivity index (χ1n) is 9.73. The van der Waals surface area contributed by atoms with Crippen molar-refractivity contribution in [2.75, 3.05) is 59.6 Å². The highest BCUT2D eigenvalue weighted by atomic mass is 16.5. The Morgan fingerprint density at radius 2 is 1.92 bits per heavy atom. The van der Waals surface area contributed by atoms with E-state index in [-0.39, 0.29) is 0 Å². The van der Waals surface area contributed by atoms with Gasteiger partial charge in [-0.2, -0.15) is 0 Å². The third kappa shape index (κ3) is 8.06. The lowest BCUT2D eigenvalue weighted by Crippen LogP contribution is -2.40. The van der Waals surface area contributed by atoms with E-state index >= 15 is 0 Å². The molecule has 0 unspecified atom stereocenters. The fraction of sp³-hybridized carbons (Fsp3) is 0.650. The normalized spacial score (nSPS) is 16.5. The summed E-state index contributed by atoms with van der Waals surface area (Å²) in [5.41, 5.74) is 0. The van der Waals surface area contributed by atoms with Gasteiger partial charge in [0.1, 0.15) is 12.4 Å². The van der Waals surface area contributed by atoms with E-state index in [1.54, 1.807) is 7.11 Å². The summed E-state index contributed by atoms with van der Waals surface area (Å²) < 4.78 is 10.9. The Morgan fingerprint density at radius 1 is 1.15 bits per heavy atom. The first-order chi connectivity index (χ1) is 12.8. The van der Waals surface area contributed by atoms with E-state index in [9.17, 15) is 0 Å². The van der Waals surface area contributed by atoms with Gasteiger partial charge in [0.25, 0.3) is 0 Å². The number of para-hydroxylation sites is 1. The van der Waals surface area contributed by atoms with Crippen LogP contribution in [0.1, 0.15) is 19.8 Å². The number of ether oxygens (including phenoxy) is 2. The molecule has 0 spiro atoms. The van der Waals surface area contributed by atoms with Crippen molar-refractivity contribution in [1.29, 1.82) is 0 Å². The zero-order valence-electron chi connectivity index (χ0n) is 16.2. The maximum absolute atomic E-state index is 5.71. The molecule has 0 aliphatic carbocycles. The number of hydrogen-bond donors (Lipinski definition) is 2. The minimum Gasteiger partial charge on any atom is -0.492 e. The smallest absolute Gasteiger partial charge is 0.191 e. The standard InChI is InChI=1S/C20H34N4O2/c1-3-21-20(22-11-15-26-19-7-5-4-6-8-19)23-17-18-9-12-24(13-10-18)14-16-25-2/h4-8,18H,3,9-17H2,1-2H3,(H2,21,22,23). The topological polar surface area (TPSA) is 58.1 Å². The number of hydrogen-bond acceptors (Lipinski definition) is 4. The molecule has 0 atom stereocenters. The van der Waals surface area contributed by atoms with Crippen LogP contribution < -0.4 is 15.4 Å². The second kappa shape index (κ2) is 12.5. The molecule has 1 saturated heterocycles. The molecule has 6 heteroatoms. The maximum Gasteiger partial charge on any atom is 0.191 e. The van der Waals surface area contributed by atoms with E-state index in [1.165, 1.54) is 12.8 Å². The monoisotopic (exact) mass is 362 g/mol. The average molecular weight is 363 g/mol. The molecule has 1 aliphatic rings. The molecule has 26 heavy (non-hydrogen) atoms. The molecule has 0 bridgehead atoms. The van der Waals surface area contributed by atoms with Gasteiger partial charge >= 0.3 is 0 Å². The van der Waals surface area contributed by atoms with Crippen LogP contribution in [0.5, 0.6) is 5.75 Å². The molecule has 1 aliphatic heterocycles. The second-order valence-electron chi connectivity index (χ2n) is 6.59. The molecule has 1 fully saturated rings. The zero-order chi connectivity index (χ0) is 18.5. The quantitative estimate of drug-likeness (QED) is 0.379. The minimum absolute atomic E-state index is 0.617. The van der Waals surface area contributed by atoms with Crippen LogP contribution in [-0.4, -0.2) is 70.5 Å². The summed E-state index contributed by atoms with van der Waals surface area (Å²) >= 11 is 0. The number of aliphatic imine (C=N–C) groups is 1. The number of benzene rings is 1. The second-order valence-corrected chi connectivity index (χ2v) is 6.59. The average Bonchev–Trinajstić information content (AvgIpc) is 2.69. The van der Waals surface area contributed by atoms with Crippen LogP contribution in [0.3, 0.4) is 0 Å². The van der Waals surface area contributed by atoms with E-state index in [1.807, 2.05) is 30.3 Å². The van der Waals surface area contributed by atoms with Crippen LogP contribution in [-0.2, 0) is 4.74 Å². The fourth-order valence-electron chi connectivity index (χ4n) is 3.03. The van der Waals surface area contributed by atoms with Gasteiger partial charge in [-0.05, 0) is 50.9 Å². The van der Waals surface area contributed by atoms with Crippen LogP contribution in [0.4, 0.5) is 0 Å². The molecule has 6 nitrogen and oxygen atoms in total. The molecular formula is C20H34N4O2. The molecule has 146 valence electrons. The van der Waals surface area contributed by atoms with Gasteiger partial charge < -0.3 is 25.0 Å². The van der Waals surface area contributed by atoms with Crippen molar-refractivity contribution in [2.24, 2.45) is 10.9 Å². The number of likely N-dealkylation sites (tertiary alicyclic amines) is 1. The van der Waals surface area contributed by atoms with Crippen molar-refractivity contribution in [3.8, 4) is 5.75 Å². The van der Waals surface area contributed by atoms with E-state index in [2.05, 4.69) is 22.5 Å². The Labute approximate surface area is 158 Å². The summed E-state index contributed by atoms with van der Waals surface area (Å²) in [7, 11) is 1.77. The number of methoxy groups -OCH3 is 1. The van der Waals surface area contributed by atoms with Gasteiger partial charge in [0.2, 0.25) is 0 Å². The SMILES string of the molecule is CCNC(=NCC1CCN(CCOC)CC1)NCCOc1ccccc1. The fourth-order valence-corrected chi connectivity index (χ4v) is 3.03. The summed E-state index contributed by atoms with van der Waals surface area (Å²) in [4.78, 5) is 7.24. The Hall–Kier alpha value is -1.79. The summed E-state index contributed by atoms with van der Waals surface area (Å²) in [6, 6.07) is 9.89. The largest absolute Gasteiger partial charge is 0.492 e. The highest BCUT2D eigenvalue weighted by Gasteiger charge is 2.18. The molecule has 2 rings (SSSR count). The number of piperidine rings is 1. The third-order valence-electron chi connectivity index (χ3n) is 4.58. The van der Waals surface area contributed by atoms with E-state index in [0.29, 0.717) is 12.5 Å². The molecule has 1 aromatic carbocycles. The first-order valence-corrected chi connectivity index (χ1v) is 9.73. The molecule has 0 aromatic heterocycles. The van der Waals surface area contributed by atoms with Gasteiger partial charge in [0.05, 0.1) is 13.2 Å². The Bertz CT molecular complexity index is 502. The predicted molar refractivity (Wildman–Crippen MR) is 107 cm³/mol. The molecule has 0 saturated carbocycles. The zero-order valence-corrected chi connectivity index (χ0v) is 16.2. The number of nitrogens with one attached hydrogen (secondary N) is 2. The van der Waals surface area contributed by atoms with Crippen molar-refractivity contribution in [3.05, 3.63) is 30.3 Å². The van der Waals surface area contributed by atoms with Crippen LogP contribution in [0.15, 0.2) is 35.3 Å². The first kappa shape index (κ1) is 20.5. The van der Waals surface area contributed by atoms with Crippen molar-refractivity contribution in [1.82, 2.24) is 15.5 Å². The molecule has 0 radical (unpaired) electrons. The summed E-state index contributed by atoms with van der Waals surface area (Å²) in [5.74, 6) is 2.45. The summed E-state index contributed by atoms with van der Waals surface area (Å²) in [6.07, 6.45) is 2.42. The van der Waals surface area contributed by atoms with Crippen molar-refractivity contribution < 1.29 is 9.47 Å². The number of guanidine groups is 1. The van der Waals surface area contributed by atoms with Crippen molar-refractivity contribution in [2.45, 2.75) is 19.8 Å². The van der Waals surface area contributed by atoms with Gasteiger partial charge in [0.15, 0.2) is 5.96 Å². The molecular weight excluding hydrogens is 328 g/mol. The molecule has 1 heterocycles. The van der Waals surface area contributed by atoms with Crippen molar-refractivity contribution >= 4 is 5.96 Å². The third-order valence-corrected chi connectivity index (χ3v) is 4.58. The Kier molecular flexibility index (Phi) is 9.90. The molecule has 1 aromatic rings. The highest BCUT2D eigenvalue weighted by Crippen LogP contribution is 2.17. The molecule has 0 amide bonds. The highest BCUT2D eigenvalue weighted by molar-refractivity contribution is 5.79.